The first-order chi connectivity index (χ1) is 14.1. The maximum atomic E-state index is 13.0. The molecule has 1 atom stereocenters. The third kappa shape index (κ3) is 7.44. The average molecular weight is 522 g/mol. The minimum absolute atomic E-state index is 0. The van der Waals surface area contributed by atoms with Crippen molar-refractivity contribution in [2.45, 2.75) is 32.2 Å². The molecule has 3 rings (SSSR count). The Kier molecular flexibility index (Phi) is 9.79. The number of hydrogen-bond donors (Lipinski definition) is 2. The smallest absolute Gasteiger partial charge is 0.226 e. The Morgan fingerprint density at radius 3 is 2.53 bits per heavy atom. The van der Waals surface area contributed by atoms with E-state index in [1.54, 1.807) is 25.4 Å². The number of aryl methyl sites for hydroxylation is 1. The molecule has 1 unspecified atom stereocenters. The zero-order chi connectivity index (χ0) is 20.5. The summed E-state index contributed by atoms with van der Waals surface area (Å²) in [6, 6.07) is 16.9. The first-order valence-electron chi connectivity index (χ1n) is 9.85. The van der Waals surface area contributed by atoms with Gasteiger partial charge in [0.2, 0.25) is 5.89 Å². The third-order valence-corrected chi connectivity index (χ3v) is 4.63. The number of aliphatic imine (C=N–C) groups is 1. The van der Waals surface area contributed by atoms with Crippen LogP contribution < -0.4 is 10.6 Å². The number of oxazole rings is 1. The maximum absolute atomic E-state index is 13.0. The molecule has 1 aromatic heterocycles. The predicted octanol–water partition coefficient (Wildman–Crippen LogP) is 4.83. The Morgan fingerprint density at radius 2 is 1.83 bits per heavy atom. The van der Waals surface area contributed by atoms with E-state index in [0.29, 0.717) is 24.9 Å². The van der Waals surface area contributed by atoms with Gasteiger partial charge in [-0.05, 0) is 49.6 Å². The molecule has 0 aliphatic carbocycles. The molecule has 30 heavy (non-hydrogen) atoms. The van der Waals surface area contributed by atoms with Crippen molar-refractivity contribution in [2.24, 2.45) is 4.99 Å². The number of aromatic nitrogens is 1. The van der Waals surface area contributed by atoms with Crippen molar-refractivity contribution < 1.29 is 8.81 Å². The lowest BCUT2D eigenvalue weighted by molar-refractivity contribution is 0.571. The summed E-state index contributed by atoms with van der Waals surface area (Å²) in [6.07, 6.45) is 4.38. The molecule has 2 N–H and O–H groups in total. The Hall–Kier alpha value is -2.42. The zero-order valence-electron chi connectivity index (χ0n) is 17.3. The molecular weight excluding hydrogens is 494 g/mol. The van der Waals surface area contributed by atoms with Gasteiger partial charge in [0.05, 0.1) is 5.69 Å². The Balaban J connectivity index is 0.00000320. The molecule has 2 aromatic carbocycles. The van der Waals surface area contributed by atoms with Gasteiger partial charge in [-0.3, -0.25) is 4.99 Å². The van der Waals surface area contributed by atoms with E-state index in [2.05, 4.69) is 51.8 Å². The topological polar surface area (TPSA) is 62.5 Å². The van der Waals surface area contributed by atoms with Crippen LogP contribution in [0.5, 0.6) is 0 Å². The van der Waals surface area contributed by atoms with Gasteiger partial charge in [-0.2, -0.15) is 0 Å². The van der Waals surface area contributed by atoms with E-state index in [1.165, 1.54) is 17.7 Å². The molecule has 0 spiro atoms. The first-order valence-corrected chi connectivity index (χ1v) is 9.85. The molecule has 160 valence electrons. The largest absolute Gasteiger partial charge is 0.444 e. The number of hydrogen-bond acceptors (Lipinski definition) is 3. The number of nitrogens with one attached hydrogen (secondary N) is 2. The SMILES string of the molecule is CN=C(NCCc1coc(-c2ccc(F)cc2)n1)NC(C)CCc1ccccc1.I. The molecule has 0 saturated carbocycles. The molecule has 0 fully saturated rings. The Morgan fingerprint density at radius 1 is 1.10 bits per heavy atom. The second kappa shape index (κ2) is 12.3. The highest BCUT2D eigenvalue weighted by molar-refractivity contribution is 14.0. The number of rotatable bonds is 8. The molecule has 5 nitrogen and oxygen atoms in total. The molecule has 3 aromatic rings. The van der Waals surface area contributed by atoms with Crippen molar-refractivity contribution in [1.82, 2.24) is 15.6 Å². The van der Waals surface area contributed by atoms with Crippen LogP contribution in [0.1, 0.15) is 24.6 Å². The quantitative estimate of drug-likeness (QED) is 0.253. The second-order valence-corrected chi connectivity index (χ2v) is 6.97. The summed E-state index contributed by atoms with van der Waals surface area (Å²) in [5, 5.41) is 6.73. The minimum atomic E-state index is -0.276. The van der Waals surface area contributed by atoms with Gasteiger partial charge in [0, 0.05) is 31.6 Å². The van der Waals surface area contributed by atoms with E-state index in [0.717, 1.165) is 30.1 Å². The van der Waals surface area contributed by atoms with E-state index in [-0.39, 0.29) is 29.8 Å². The van der Waals surface area contributed by atoms with Crippen LogP contribution in [0, 0.1) is 5.82 Å². The van der Waals surface area contributed by atoms with Crippen LogP contribution in [0.3, 0.4) is 0 Å². The van der Waals surface area contributed by atoms with Gasteiger partial charge in [-0.15, -0.1) is 24.0 Å². The van der Waals surface area contributed by atoms with Crippen molar-refractivity contribution in [3.05, 3.63) is 77.9 Å². The average Bonchev–Trinajstić information content (AvgIpc) is 3.21. The summed E-state index contributed by atoms with van der Waals surface area (Å²) in [7, 11) is 1.77. The number of benzene rings is 2. The highest BCUT2D eigenvalue weighted by Gasteiger charge is 2.08. The molecule has 0 aliphatic rings. The van der Waals surface area contributed by atoms with Gasteiger partial charge in [0.25, 0.3) is 0 Å². The molecule has 0 aliphatic heterocycles. The van der Waals surface area contributed by atoms with Gasteiger partial charge in [-0.25, -0.2) is 9.37 Å². The molecular formula is C23H28FIN4O. The molecule has 0 amide bonds. The van der Waals surface area contributed by atoms with Crippen LogP contribution in [0.15, 0.2) is 70.3 Å². The molecule has 7 heteroatoms. The van der Waals surface area contributed by atoms with Crippen molar-refractivity contribution in [3.63, 3.8) is 0 Å². The van der Waals surface area contributed by atoms with Crippen LogP contribution in [0.4, 0.5) is 4.39 Å². The second-order valence-electron chi connectivity index (χ2n) is 6.97. The van der Waals surface area contributed by atoms with Crippen molar-refractivity contribution in [3.8, 4) is 11.5 Å². The van der Waals surface area contributed by atoms with Gasteiger partial charge in [0.15, 0.2) is 5.96 Å². The van der Waals surface area contributed by atoms with Crippen molar-refractivity contribution in [1.29, 1.82) is 0 Å². The highest BCUT2D eigenvalue weighted by atomic mass is 127. The van der Waals surface area contributed by atoms with E-state index < -0.39 is 0 Å². The summed E-state index contributed by atoms with van der Waals surface area (Å²) >= 11 is 0. The number of nitrogens with zero attached hydrogens (tertiary/aromatic N) is 2. The summed E-state index contributed by atoms with van der Waals surface area (Å²) in [5.74, 6) is 0.992. The maximum Gasteiger partial charge on any atom is 0.226 e. The minimum Gasteiger partial charge on any atom is -0.444 e. The van der Waals surface area contributed by atoms with Gasteiger partial charge >= 0.3 is 0 Å². The van der Waals surface area contributed by atoms with E-state index in [9.17, 15) is 4.39 Å². The summed E-state index contributed by atoms with van der Waals surface area (Å²) in [4.78, 5) is 8.76. The zero-order valence-corrected chi connectivity index (χ0v) is 19.6. The van der Waals surface area contributed by atoms with Crippen LogP contribution in [0.2, 0.25) is 0 Å². The standard InChI is InChI=1S/C23H27FN4O.HI/c1-17(8-9-18-6-4-3-5-7-18)27-23(25-2)26-15-14-21-16-29-22(28-21)19-10-12-20(24)13-11-19;/h3-7,10-13,16-17H,8-9,14-15H2,1-2H3,(H2,25,26,27);1H. The highest BCUT2D eigenvalue weighted by Crippen LogP contribution is 2.19. The monoisotopic (exact) mass is 522 g/mol. The van der Waals surface area contributed by atoms with Crippen LogP contribution in [0.25, 0.3) is 11.5 Å². The van der Waals surface area contributed by atoms with Crippen LogP contribution in [-0.2, 0) is 12.8 Å². The lowest BCUT2D eigenvalue weighted by Gasteiger charge is -2.17. The number of guanidine groups is 1. The first kappa shape index (κ1) is 23.9. The fourth-order valence-corrected chi connectivity index (χ4v) is 2.98. The molecule has 0 saturated heterocycles. The Bertz CT molecular complexity index is 912. The summed E-state index contributed by atoms with van der Waals surface area (Å²) < 4.78 is 18.5. The number of halogens is 2. The van der Waals surface area contributed by atoms with Crippen molar-refractivity contribution >= 4 is 29.9 Å². The molecule has 0 radical (unpaired) electrons. The molecule has 1 heterocycles. The normalized spacial score (nSPS) is 12.2. The lowest BCUT2D eigenvalue weighted by atomic mass is 10.1. The summed E-state index contributed by atoms with van der Waals surface area (Å²) in [6.45, 7) is 2.84. The van der Waals surface area contributed by atoms with Gasteiger partial charge < -0.3 is 15.1 Å². The predicted molar refractivity (Wildman–Crippen MR) is 130 cm³/mol. The van der Waals surface area contributed by atoms with Gasteiger partial charge in [0.1, 0.15) is 12.1 Å². The van der Waals surface area contributed by atoms with E-state index in [4.69, 9.17) is 4.42 Å². The third-order valence-electron chi connectivity index (χ3n) is 4.63. The Labute approximate surface area is 194 Å². The van der Waals surface area contributed by atoms with E-state index in [1.807, 2.05) is 6.07 Å². The lowest BCUT2D eigenvalue weighted by Crippen LogP contribution is -2.43. The van der Waals surface area contributed by atoms with Crippen LogP contribution >= 0.6 is 24.0 Å². The van der Waals surface area contributed by atoms with Crippen molar-refractivity contribution in [2.75, 3.05) is 13.6 Å². The van der Waals surface area contributed by atoms with E-state index >= 15 is 0 Å². The molecule has 0 bridgehead atoms. The fraction of sp³-hybridized carbons (Fsp3) is 0.304. The summed E-state index contributed by atoms with van der Waals surface area (Å²) in [5.41, 5.74) is 2.94. The van der Waals surface area contributed by atoms with Gasteiger partial charge in [-0.1, -0.05) is 30.3 Å². The van der Waals surface area contributed by atoms with Crippen LogP contribution in [-0.4, -0.2) is 30.6 Å². The fourth-order valence-electron chi connectivity index (χ4n) is 2.98.